The lowest BCUT2D eigenvalue weighted by atomic mass is 10.2. The molecule has 1 aromatic heterocycles. The molecular weight excluding hydrogens is 215 g/mol. The molecule has 1 aromatic rings. The van der Waals surface area contributed by atoms with E-state index in [-0.39, 0.29) is 0 Å². The molecule has 0 unspecified atom stereocenters. The summed E-state index contributed by atoms with van der Waals surface area (Å²) in [4.78, 5) is 3.17. The molecule has 0 amide bonds. The van der Waals surface area contributed by atoms with Crippen molar-refractivity contribution in [2.24, 2.45) is 0 Å². The van der Waals surface area contributed by atoms with Crippen molar-refractivity contribution in [2.45, 2.75) is 25.8 Å². The van der Waals surface area contributed by atoms with Gasteiger partial charge in [0.2, 0.25) is 0 Å². The molecule has 0 saturated carbocycles. The Morgan fingerprint density at radius 3 is 2.79 bits per heavy atom. The molecular formula is C9H9ClF3N. The largest absolute Gasteiger partial charge is 0.419 e. The Balaban J connectivity index is 3.38. The quantitative estimate of drug-likeness (QED) is 0.706. The molecule has 1 heterocycles. The highest BCUT2D eigenvalue weighted by Crippen LogP contribution is 2.33. The number of aryl methyl sites for hydroxylation is 1. The van der Waals surface area contributed by atoms with Crippen molar-refractivity contribution in [3.63, 3.8) is 0 Å². The molecule has 14 heavy (non-hydrogen) atoms. The maximum absolute atomic E-state index is 12.5. The van der Waals surface area contributed by atoms with E-state index in [1.54, 1.807) is 0 Å². The number of aromatic nitrogens is 1. The third kappa shape index (κ3) is 2.61. The lowest BCUT2D eigenvalue weighted by Crippen LogP contribution is -2.07. The van der Waals surface area contributed by atoms with E-state index in [9.17, 15) is 13.2 Å². The predicted octanol–water partition coefficient (Wildman–Crippen LogP) is 3.71. The van der Waals surface area contributed by atoms with Gasteiger partial charge in [0.25, 0.3) is 0 Å². The van der Waals surface area contributed by atoms with Crippen LogP contribution in [0.5, 0.6) is 0 Å². The van der Waals surface area contributed by atoms with Gasteiger partial charge in [-0.15, -0.1) is 0 Å². The molecule has 0 N–H and O–H groups in total. The van der Waals surface area contributed by atoms with Gasteiger partial charge in [0.05, 0.1) is 5.56 Å². The van der Waals surface area contributed by atoms with Gasteiger partial charge < -0.3 is 0 Å². The number of halogens is 4. The minimum absolute atomic E-state index is 0.429. The summed E-state index contributed by atoms with van der Waals surface area (Å²) >= 11 is 5.32. The third-order valence-corrected chi connectivity index (χ3v) is 1.63. The second kappa shape index (κ2) is 4.17. The number of alkyl halides is 3. The van der Waals surface area contributed by atoms with Gasteiger partial charge in [-0.2, -0.15) is 13.2 Å². The normalized spacial score (nSPS) is 22.1. The SMILES string of the molecule is [2H]C([2H])([2H])C([2H])([2H])C([2H])([2H])c1ccc(C(F)(F)F)c(Cl)n1. The summed E-state index contributed by atoms with van der Waals surface area (Å²) in [5, 5.41) is -1.08. The minimum Gasteiger partial charge on any atom is -0.241 e. The first-order chi connectivity index (χ1) is 9.12. The van der Waals surface area contributed by atoms with Gasteiger partial charge in [0.15, 0.2) is 0 Å². The maximum Gasteiger partial charge on any atom is 0.419 e. The Morgan fingerprint density at radius 2 is 2.29 bits per heavy atom. The molecule has 0 aliphatic carbocycles. The number of hydrogen-bond acceptors (Lipinski definition) is 1. The Hall–Kier alpha value is -0.770. The van der Waals surface area contributed by atoms with Crippen LogP contribution in [0.1, 0.15) is 34.1 Å². The van der Waals surface area contributed by atoms with Crippen molar-refractivity contribution in [3.05, 3.63) is 28.5 Å². The van der Waals surface area contributed by atoms with Crippen LogP contribution in [0.4, 0.5) is 13.2 Å². The van der Waals surface area contributed by atoms with Gasteiger partial charge in [-0.3, -0.25) is 0 Å². The maximum atomic E-state index is 12.5. The zero-order valence-corrected chi connectivity index (χ0v) is 7.37. The van der Waals surface area contributed by atoms with Gasteiger partial charge in [0.1, 0.15) is 5.15 Å². The van der Waals surface area contributed by atoms with Crippen molar-refractivity contribution >= 4 is 11.6 Å². The summed E-state index contributed by atoms with van der Waals surface area (Å²) < 4.78 is 88.5. The van der Waals surface area contributed by atoms with Crippen LogP contribution in [0, 0.1) is 0 Å². The fraction of sp³-hybridized carbons (Fsp3) is 0.444. The Labute approximate surface area is 94.7 Å². The lowest BCUT2D eigenvalue weighted by Gasteiger charge is -2.08. The van der Waals surface area contributed by atoms with Crippen LogP contribution in [0.2, 0.25) is 5.15 Å². The van der Waals surface area contributed by atoms with E-state index in [1.807, 2.05) is 0 Å². The molecule has 0 radical (unpaired) electrons. The molecule has 0 aromatic carbocycles. The van der Waals surface area contributed by atoms with Crippen LogP contribution in [-0.4, -0.2) is 4.98 Å². The Kier molecular flexibility index (Phi) is 1.44. The highest BCUT2D eigenvalue weighted by atomic mass is 35.5. The molecule has 0 aliphatic heterocycles. The Bertz CT molecular complexity index is 541. The molecule has 0 fully saturated rings. The average Bonchev–Trinajstić information content (AvgIpc) is 2.25. The number of rotatable bonds is 2. The summed E-state index contributed by atoms with van der Waals surface area (Å²) in [5.74, 6) is 0. The molecule has 78 valence electrons. The van der Waals surface area contributed by atoms with Crippen molar-refractivity contribution in [1.29, 1.82) is 0 Å². The number of hydrogen-bond donors (Lipinski definition) is 0. The van der Waals surface area contributed by atoms with Crippen molar-refractivity contribution in [1.82, 2.24) is 4.98 Å². The van der Waals surface area contributed by atoms with Crippen molar-refractivity contribution in [2.75, 3.05) is 0 Å². The van der Waals surface area contributed by atoms with Crippen molar-refractivity contribution in [3.8, 4) is 0 Å². The van der Waals surface area contributed by atoms with E-state index >= 15 is 0 Å². The van der Waals surface area contributed by atoms with Crippen LogP contribution in [-0.2, 0) is 12.5 Å². The highest BCUT2D eigenvalue weighted by molar-refractivity contribution is 6.30. The molecule has 0 spiro atoms. The van der Waals surface area contributed by atoms with Gasteiger partial charge >= 0.3 is 6.18 Å². The molecule has 0 saturated heterocycles. The second-order valence-corrected chi connectivity index (χ2v) is 2.64. The summed E-state index contributed by atoms with van der Waals surface area (Å²) in [5.41, 5.74) is -2.15. The van der Waals surface area contributed by atoms with Gasteiger partial charge in [-0.05, 0) is 18.5 Å². The summed E-state index contributed by atoms with van der Waals surface area (Å²) in [6.07, 6.45) is -11.3. The standard InChI is InChI=1S/C9H9ClF3N/c1-2-3-6-4-5-7(8(10)14-6)9(11,12)13/h4-5H,2-3H2,1H3/i1D3,2D2,3D2. The first-order valence-electron chi connectivity index (χ1n) is 6.86. The lowest BCUT2D eigenvalue weighted by molar-refractivity contribution is -0.137. The minimum atomic E-state index is -4.81. The number of pyridine rings is 1. The van der Waals surface area contributed by atoms with Gasteiger partial charge in [0, 0.05) is 15.3 Å². The summed E-state index contributed by atoms with van der Waals surface area (Å²) in [6.45, 7) is -3.34. The van der Waals surface area contributed by atoms with E-state index in [1.165, 1.54) is 0 Å². The van der Waals surface area contributed by atoms with E-state index in [2.05, 4.69) is 4.98 Å². The van der Waals surface area contributed by atoms with Gasteiger partial charge in [-0.1, -0.05) is 24.8 Å². The van der Waals surface area contributed by atoms with Crippen LogP contribution in [0.15, 0.2) is 12.1 Å². The van der Waals surface area contributed by atoms with Gasteiger partial charge in [-0.25, -0.2) is 4.98 Å². The zero-order chi connectivity index (χ0) is 16.9. The summed E-state index contributed by atoms with van der Waals surface area (Å²) in [6, 6.07) is 0.996. The molecule has 0 bridgehead atoms. The molecule has 0 aliphatic rings. The van der Waals surface area contributed by atoms with Crippen LogP contribution in [0.25, 0.3) is 0 Å². The molecule has 1 rings (SSSR count). The monoisotopic (exact) mass is 230 g/mol. The van der Waals surface area contributed by atoms with E-state index in [0.717, 1.165) is 0 Å². The smallest absolute Gasteiger partial charge is 0.241 e. The van der Waals surface area contributed by atoms with Crippen molar-refractivity contribution < 1.29 is 22.8 Å². The zero-order valence-electron chi connectivity index (χ0n) is 13.6. The second-order valence-electron chi connectivity index (χ2n) is 2.28. The fourth-order valence-electron chi connectivity index (χ4n) is 0.779. The third-order valence-electron chi connectivity index (χ3n) is 1.34. The average molecular weight is 231 g/mol. The molecule has 1 nitrogen and oxygen atoms in total. The van der Waals surface area contributed by atoms with Crippen LogP contribution in [0.3, 0.4) is 0 Å². The first kappa shape index (κ1) is 4.84. The fourth-order valence-corrected chi connectivity index (χ4v) is 1.04. The predicted molar refractivity (Wildman–Crippen MR) is 48.2 cm³/mol. The van der Waals surface area contributed by atoms with E-state index in [0.29, 0.717) is 12.1 Å². The van der Waals surface area contributed by atoms with E-state index in [4.69, 9.17) is 21.2 Å². The molecule has 0 atom stereocenters. The topological polar surface area (TPSA) is 12.9 Å². The first-order valence-corrected chi connectivity index (χ1v) is 3.74. The van der Waals surface area contributed by atoms with Crippen LogP contribution < -0.4 is 0 Å². The number of nitrogens with zero attached hydrogens (tertiary/aromatic N) is 1. The van der Waals surface area contributed by atoms with E-state index < -0.39 is 42.2 Å². The highest BCUT2D eigenvalue weighted by Gasteiger charge is 2.33. The van der Waals surface area contributed by atoms with Crippen LogP contribution >= 0.6 is 11.6 Å². The Morgan fingerprint density at radius 1 is 1.57 bits per heavy atom. The molecule has 5 heteroatoms. The summed E-state index contributed by atoms with van der Waals surface area (Å²) in [7, 11) is 0.